The quantitative estimate of drug-likeness (QED) is 0.160. The van der Waals surface area contributed by atoms with Crippen molar-refractivity contribution in [1.82, 2.24) is 4.98 Å². The van der Waals surface area contributed by atoms with Crippen molar-refractivity contribution in [3.8, 4) is 0 Å². The Hall–Kier alpha value is -4.24. The Morgan fingerprint density at radius 1 is 0.333 bits per heavy atom. The fourth-order valence-corrected chi connectivity index (χ4v) is 8.06. The highest BCUT2D eigenvalue weighted by Gasteiger charge is 1.99. The van der Waals surface area contributed by atoms with Crippen LogP contribution in [0.25, 0.3) is 63.6 Å². The monoisotopic (exact) mass is 589 g/mol. The molecule has 9 rings (SSSR count). The molecule has 3 heterocycles. The van der Waals surface area contributed by atoms with Crippen molar-refractivity contribution >= 4 is 88.1 Å². The van der Waals surface area contributed by atoms with Crippen molar-refractivity contribution in [2.75, 3.05) is 0 Å². The number of para-hydroxylation sites is 2. The van der Waals surface area contributed by atoms with E-state index in [1.54, 1.807) is 0 Å². The third-order valence-corrected chi connectivity index (χ3v) is 10.7. The molecule has 0 saturated carbocycles. The van der Waals surface area contributed by atoms with E-state index in [2.05, 4.69) is 150 Å². The zero-order chi connectivity index (χ0) is 28.1. The lowest BCUT2D eigenvalue weighted by molar-refractivity contribution is 1.52. The topological polar surface area (TPSA) is 12.9 Å². The van der Waals surface area contributed by atoms with Crippen LogP contribution in [0.1, 0.15) is 0 Å². The lowest BCUT2D eigenvalue weighted by atomic mass is 10.1. The van der Waals surface area contributed by atoms with Gasteiger partial charge in [-0.15, -0.1) is 0 Å². The Morgan fingerprint density at radius 3 is 1.36 bits per heavy atom. The minimum absolute atomic E-state index is 1.10. The van der Waals surface area contributed by atoms with Gasteiger partial charge in [0.15, 0.2) is 0 Å². The molecule has 4 heteroatoms. The molecule has 0 radical (unpaired) electrons. The van der Waals surface area contributed by atoms with E-state index in [1.165, 1.54) is 77.1 Å². The Labute approximate surface area is 249 Å². The van der Waals surface area contributed by atoms with Gasteiger partial charge < -0.3 is 0 Å². The summed E-state index contributed by atoms with van der Waals surface area (Å²) in [6, 6.07) is 53.4. The second-order valence-corrected chi connectivity index (χ2v) is 13.4. The first-order valence-corrected chi connectivity index (χ1v) is 16.7. The number of aromatic nitrogens is 1. The molecule has 0 N–H and O–H groups in total. The molecule has 0 amide bonds. The highest BCUT2D eigenvalue weighted by molar-refractivity contribution is 7.43. The van der Waals surface area contributed by atoms with E-state index in [-0.39, 0.29) is 0 Å². The first-order valence-electron chi connectivity index (χ1n) is 13.9. The largest absolute Gasteiger partial charge is 0.247 e. The first-order chi connectivity index (χ1) is 20.8. The second-order valence-electron chi connectivity index (χ2n) is 9.97. The van der Waals surface area contributed by atoms with Gasteiger partial charge in [0.25, 0.3) is 0 Å². The third-order valence-electron chi connectivity index (χ3n) is 7.14. The summed E-state index contributed by atoms with van der Waals surface area (Å²) in [4.78, 5) is 4.60. The number of hydrogen-bond acceptors (Lipinski definition) is 1. The van der Waals surface area contributed by atoms with Gasteiger partial charge in [-0.25, -0.2) is 4.98 Å². The minimum Gasteiger partial charge on any atom is -0.247 e. The fourth-order valence-electron chi connectivity index (χ4n) is 5.05. The van der Waals surface area contributed by atoms with Crippen LogP contribution in [0.2, 0.25) is 0 Å². The van der Waals surface area contributed by atoms with E-state index in [1.807, 2.05) is 12.1 Å². The Bertz CT molecular complexity index is 1750. The molecular weight excluding hydrogens is 563 g/mol. The van der Waals surface area contributed by atoms with Crippen LogP contribution in [0, 0.1) is 0 Å². The van der Waals surface area contributed by atoms with Crippen LogP contribution in [0.4, 0.5) is 0 Å². The van der Waals surface area contributed by atoms with Crippen molar-refractivity contribution in [2.45, 2.75) is 0 Å². The van der Waals surface area contributed by atoms with Crippen LogP contribution < -0.4 is 0 Å². The number of nitrogens with zero attached hydrogens (tertiary/aromatic N) is 1. The second kappa shape index (κ2) is 12.3. The molecule has 3 aromatic heterocycles. The van der Waals surface area contributed by atoms with Crippen molar-refractivity contribution in [3.63, 3.8) is 0 Å². The van der Waals surface area contributed by atoms with E-state index in [0.717, 1.165) is 11.0 Å². The first kappa shape index (κ1) is 26.6. The van der Waals surface area contributed by atoms with Gasteiger partial charge in [-0.2, -0.15) is 0 Å². The molecule has 0 saturated heterocycles. The maximum Gasteiger partial charge on any atom is 0.0755 e. The molecule has 6 aromatic carbocycles. The summed E-state index contributed by atoms with van der Waals surface area (Å²) < 4.78 is 0. The smallest absolute Gasteiger partial charge is 0.0755 e. The molecule has 42 heavy (non-hydrogen) atoms. The molecule has 0 bridgehead atoms. The van der Waals surface area contributed by atoms with Gasteiger partial charge in [-0.1, -0.05) is 122 Å². The van der Waals surface area contributed by atoms with Gasteiger partial charge in [-0.05, 0) is 87.3 Å². The third kappa shape index (κ3) is 5.87. The van der Waals surface area contributed by atoms with Crippen LogP contribution in [-0.2, 0) is 0 Å². The molecule has 0 aliphatic rings. The van der Waals surface area contributed by atoms with Crippen LogP contribution in [-0.4, -0.2) is 4.98 Å². The maximum absolute atomic E-state index is 4.60. The summed E-state index contributed by atoms with van der Waals surface area (Å²) in [7, 11) is 3.91. The summed E-state index contributed by atoms with van der Waals surface area (Å²) in [5, 5.41) is 13.5. The Morgan fingerprint density at radius 2 is 0.738 bits per heavy atom. The van der Waals surface area contributed by atoms with E-state index >= 15 is 0 Å². The van der Waals surface area contributed by atoms with Crippen molar-refractivity contribution in [2.24, 2.45) is 0 Å². The molecule has 0 atom stereocenters. The lowest BCUT2D eigenvalue weighted by Crippen LogP contribution is -1.76. The highest BCUT2D eigenvalue weighted by atomic mass is 31.0. The summed E-state index contributed by atoms with van der Waals surface area (Å²) in [5.74, 6) is 2.18. The minimum atomic E-state index is 1.10. The predicted octanol–water partition coefficient (Wildman–Crippen LogP) is 13.1. The molecule has 1 nitrogen and oxygen atoms in total. The number of fused-ring (bicyclic) bond motifs is 6. The fraction of sp³-hybridized carbons (Fsp3) is 0. The molecular formula is C38H26NP3. The Kier molecular flexibility index (Phi) is 7.82. The van der Waals surface area contributed by atoms with Gasteiger partial charge >= 0.3 is 0 Å². The summed E-state index contributed by atoms with van der Waals surface area (Å²) in [6.07, 6.45) is 0. The SMILES string of the molecule is c1ccc2cc3pcccc3cc2c1.c1ccc2pc3ccccc3cc2c1.c1ccc2pc3ccccc3nc2c1. The van der Waals surface area contributed by atoms with Gasteiger partial charge in [0, 0.05) is 25.6 Å². The van der Waals surface area contributed by atoms with Crippen molar-refractivity contribution < 1.29 is 0 Å². The number of rotatable bonds is 0. The average molecular weight is 590 g/mol. The van der Waals surface area contributed by atoms with Crippen molar-refractivity contribution in [3.05, 3.63) is 157 Å². The number of benzene rings is 6. The average Bonchev–Trinajstić information content (AvgIpc) is 3.06. The van der Waals surface area contributed by atoms with Gasteiger partial charge in [0.05, 0.1) is 11.0 Å². The molecule has 9 aromatic rings. The van der Waals surface area contributed by atoms with E-state index in [9.17, 15) is 0 Å². The van der Waals surface area contributed by atoms with Gasteiger partial charge in [0.1, 0.15) is 0 Å². The lowest BCUT2D eigenvalue weighted by Gasteiger charge is -2.00. The molecule has 0 unspecified atom stereocenters. The van der Waals surface area contributed by atoms with Crippen LogP contribution in [0.5, 0.6) is 0 Å². The normalized spacial score (nSPS) is 11.0. The summed E-state index contributed by atoms with van der Waals surface area (Å²) in [5.41, 5.74) is 2.21. The van der Waals surface area contributed by atoms with Crippen LogP contribution >= 0.6 is 24.6 Å². The molecule has 0 aliphatic heterocycles. The van der Waals surface area contributed by atoms with Gasteiger partial charge in [-0.3, -0.25) is 0 Å². The highest BCUT2D eigenvalue weighted by Crippen LogP contribution is 2.32. The van der Waals surface area contributed by atoms with Gasteiger partial charge in [0.2, 0.25) is 0 Å². The van der Waals surface area contributed by atoms with E-state index in [4.69, 9.17) is 0 Å². The molecule has 198 valence electrons. The van der Waals surface area contributed by atoms with Crippen LogP contribution in [0.15, 0.2) is 157 Å². The van der Waals surface area contributed by atoms with E-state index < -0.39 is 0 Å². The summed E-state index contributed by atoms with van der Waals surface area (Å²) >= 11 is 0. The zero-order valence-corrected chi connectivity index (χ0v) is 25.5. The van der Waals surface area contributed by atoms with Crippen molar-refractivity contribution in [1.29, 1.82) is 0 Å². The van der Waals surface area contributed by atoms with E-state index in [0.29, 0.717) is 0 Å². The molecule has 0 spiro atoms. The zero-order valence-electron chi connectivity index (χ0n) is 22.8. The van der Waals surface area contributed by atoms with Crippen LogP contribution in [0.3, 0.4) is 0 Å². The molecule has 0 aliphatic carbocycles. The number of hydrogen-bond donors (Lipinski definition) is 0. The predicted molar refractivity (Wildman–Crippen MR) is 190 cm³/mol. The Balaban J connectivity index is 0.000000103. The maximum atomic E-state index is 4.60. The molecule has 0 fully saturated rings. The standard InChI is InChI=1S/2C13H9P.C12H8NP/c1-3-7-12-10(5-1)9-11-6-2-4-8-13(11)14-12;1-2-5-11-9-13-12(6-3-7-14-13)8-10(11)4-1;1-3-7-11-9(5-1)13-10-6-2-4-8-12(10)14-11/h2*1-9H;1-8H. The summed E-state index contributed by atoms with van der Waals surface area (Å²) in [6.45, 7) is 0.